The minimum atomic E-state index is -0.165. The number of nitrogens with one attached hydrogen (secondary N) is 1. The second kappa shape index (κ2) is 9.67. The number of amides is 1. The van der Waals surface area contributed by atoms with E-state index >= 15 is 0 Å². The zero-order valence-electron chi connectivity index (χ0n) is 18.0. The maximum absolute atomic E-state index is 12.1. The molecule has 0 unspecified atom stereocenters. The molecule has 5 heteroatoms. The number of likely N-dealkylation sites (tertiary alicyclic amines) is 1. The second-order valence-corrected chi connectivity index (χ2v) is 9.39. The van der Waals surface area contributed by atoms with E-state index in [-0.39, 0.29) is 11.3 Å². The molecule has 2 N–H and O–H groups in total. The van der Waals surface area contributed by atoms with Crippen LogP contribution in [0.15, 0.2) is 66.0 Å². The van der Waals surface area contributed by atoms with E-state index in [9.17, 15) is 9.90 Å². The molecule has 0 radical (unpaired) electrons. The summed E-state index contributed by atoms with van der Waals surface area (Å²) in [6.07, 6.45) is 3.70. The van der Waals surface area contributed by atoms with Crippen molar-refractivity contribution >= 4 is 17.2 Å². The van der Waals surface area contributed by atoms with Crippen molar-refractivity contribution in [3.05, 3.63) is 87.6 Å². The molecule has 1 aromatic heterocycles. The summed E-state index contributed by atoms with van der Waals surface area (Å²) in [4.78, 5) is 15.2. The lowest BCUT2D eigenvalue weighted by Gasteiger charge is -2.42. The Kier molecular flexibility index (Phi) is 6.73. The predicted molar refractivity (Wildman–Crippen MR) is 127 cm³/mol. The first kappa shape index (κ1) is 21.6. The number of phenolic OH excluding ortho intramolecular Hbond substituents is 1. The van der Waals surface area contributed by atoms with E-state index in [2.05, 4.69) is 47.6 Å². The van der Waals surface area contributed by atoms with Gasteiger partial charge >= 0.3 is 0 Å². The van der Waals surface area contributed by atoms with Crippen LogP contribution in [0.5, 0.6) is 5.75 Å². The van der Waals surface area contributed by atoms with Crippen molar-refractivity contribution in [2.75, 3.05) is 26.7 Å². The average molecular weight is 435 g/mol. The van der Waals surface area contributed by atoms with Gasteiger partial charge in [0.1, 0.15) is 5.75 Å². The van der Waals surface area contributed by atoms with Gasteiger partial charge in [0.25, 0.3) is 5.91 Å². The molecule has 0 aliphatic carbocycles. The lowest BCUT2D eigenvalue weighted by Crippen LogP contribution is -2.41. The number of hydrogen-bond acceptors (Lipinski definition) is 4. The monoisotopic (exact) mass is 434 g/mol. The summed E-state index contributed by atoms with van der Waals surface area (Å²) in [6.45, 7) is 2.65. The van der Waals surface area contributed by atoms with E-state index in [1.807, 2.05) is 35.7 Å². The standard InChI is InChI=1S/C26H30N2O2S/c1-28-16-13-26(14-17-28,21-8-3-2-4-9-21)22-19-20(11-12-23(22)29)7-5-15-27-25(30)24-10-6-18-31-24/h2-4,6,8-12,18-19,29H,5,7,13-17H2,1H3,(H,27,30). The van der Waals surface area contributed by atoms with Crippen LogP contribution in [0.25, 0.3) is 0 Å². The minimum absolute atomic E-state index is 0.00393. The minimum Gasteiger partial charge on any atom is -0.508 e. The number of aryl methyl sites for hydroxylation is 1. The molecule has 1 aliphatic rings. The Hall–Kier alpha value is -2.63. The SMILES string of the molecule is CN1CCC(c2ccccc2)(c2cc(CCCNC(=O)c3cccs3)ccc2O)CC1. The van der Waals surface area contributed by atoms with Gasteiger partial charge in [-0.1, -0.05) is 48.5 Å². The topological polar surface area (TPSA) is 52.6 Å². The molecule has 0 atom stereocenters. The van der Waals surface area contributed by atoms with Crippen molar-refractivity contribution in [1.29, 1.82) is 0 Å². The largest absolute Gasteiger partial charge is 0.508 e. The quantitative estimate of drug-likeness (QED) is 0.524. The number of phenols is 1. The number of rotatable bonds is 7. The van der Waals surface area contributed by atoms with Gasteiger partial charge in [-0.05, 0) is 74.5 Å². The van der Waals surface area contributed by atoms with Crippen LogP contribution in [0.4, 0.5) is 0 Å². The van der Waals surface area contributed by atoms with E-state index < -0.39 is 0 Å². The summed E-state index contributed by atoms with van der Waals surface area (Å²) < 4.78 is 0. The van der Waals surface area contributed by atoms with Crippen LogP contribution >= 0.6 is 11.3 Å². The van der Waals surface area contributed by atoms with Crippen molar-refractivity contribution in [2.24, 2.45) is 0 Å². The molecule has 1 saturated heterocycles. The summed E-state index contributed by atoms with van der Waals surface area (Å²) in [7, 11) is 2.16. The maximum atomic E-state index is 12.1. The highest BCUT2D eigenvalue weighted by Crippen LogP contribution is 2.45. The van der Waals surface area contributed by atoms with Gasteiger partial charge in [0.2, 0.25) is 0 Å². The van der Waals surface area contributed by atoms with Gasteiger partial charge in [-0.3, -0.25) is 4.79 Å². The van der Waals surface area contributed by atoms with Crippen molar-refractivity contribution in [3.8, 4) is 5.75 Å². The van der Waals surface area contributed by atoms with E-state index in [1.165, 1.54) is 22.5 Å². The first-order chi connectivity index (χ1) is 15.1. The Morgan fingerprint density at radius 1 is 1.10 bits per heavy atom. The smallest absolute Gasteiger partial charge is 0.261 e. The Bertz CT molecular complexity index is 994. The molecule has 4 rings (SSSR count). The third kappa shape index (κ3) is 4.83. The van der Waals surface area contributed by atoms with Crippen LogP contribution in [-0.2, 0) is 11.8 Å². The van der Waals surface area contributed by atoms with E-state index in [4.69, 9.17) is 0 Å². The first-order valence-corrected chi connectivity index (χ1v) is 11.8. The summed E-state index contributed by atoms with van der Waals surface area (Å²) >= 11 is 1.46. The zero-order valence-corrected chi connectivity index (χ0v) is 18.8. The van der Waals surface area contributed by atoms with Crippen LogP contribution in [-0.4, -0.2) is 42.6 Å². The molecule has 2 heterocycles. The Morgan fingerprint density at radius 2 is 1.87 bits per heavy atom. The summed E-state index contributed by atoms with van der Waals surface area (Å²) in [5.74, 6) is 0.374. The van der Waals surface area contributed by atoms with Crippen molar-refractivity contribution < 1.29 is 9.90 Å². The molecule has 4 nitrogen and oxygen atoms in total. The molecule has 31 heavy (non-hydrogen) atoms. The van der Waals surface area contributed by atoms with Crippen molar-refractivity contribution in [1.82, 2.24) is 10.2 Å². The van der Waals surface area contributed by atoms with E-state index in [0.29, 0.717) is 12.3 Å². The number of nitrogens with zero attached hydrogens (tertiary/aromatic N) is 1. The highest BCUT2D eigenvalue weighted by Gasteiger charge is 2.39. The third-order valence-corrected chi connectivity index (χ3v) is 7.28. The normalized spacial score (nSPS) is 16.2. The predicted octanol–water partition coefficient (Wildman–Crippen LogP) is 4.83. The molecule has 3 aromatic rings. The fourth-order valence-electron chi connectivity index (χ4n) is 4.58. The number of hydrogen-bond donors (Lipinski definition) is 2. The van der Waals surface area contributed by atoms with E-state index in [1.54, 1.807) is 0 Å². The van der Waals surface area contributed by atoms with Gasteiger partial charge in [0.05, 0.1) is 4.88 Å². The van der Waals surface area contributed by atoms with Gasteiger partial charge in [0, 0.05) is 17.5 Å². The molecule has 162 valence electrons. The number of carbonyl (C=O) groups is 1. The average Bonchev–Trinajstić information content (AvgIpc) is 3.34. The van der Waals surface area contributed by atoms with Gasteiger partial charge in [-0.2, -0.15) is 0 Å². The maximum Gasteiger partial charge on any atom is 0.261 e. The molecule has 0 saturated carbocycles. The van der Waals surface area contributed by atoms with Crippen LogP contribution in [0.3, 0.4) is 0 Å². The van der Waals surface area contributed by atoms with Gasteiger partial charge in [0.15, 0.2) is 0 Å². The van der Waals surface area contributed by atoms with Crippen LogP contribution in [0.2, 0.25) is 0 Å². The van der Waals surface area contributed by atoms with Crippen LogP contribution in [0, 0.1) is 0 Å². The number of thiophene rings is 1. The fourth-order valence-corrected chi connectivity index (χ4v) is 5.22. The molecule has 0 spiro atoms. The van der Waals surface area contributed by atoms with Crippen LogP contribution < -0.4 is 5.32 Å². The number of piperidine rings is 1. The number of carbonyl (C=O) groups excluding carboxylic acids is 1. The fraction of sp³-hybridized carbons (Fsp3) is 0.346. The highest BCUT2D eigenvalue weighted by molar-refractivity contribution is 7.12. The Labute approximate surface area is 188 Å². The molecule has 1 aliphatic heterocycles. The van der Waals surface area contributed by atoms with Crippen LogP contribution in [0.1, 0.15) is 45.6 Å². The molecule has 1 fully saturated rings. The molecule has 2 aromatic carbocycles. The lowest BCUT2D eigenvalue weighted by atomic mass is 9.67. The van der Waals surface area contributed by atoms with Gasteiger partial charge in [-0.15, -0.1) is 11.3 Å². The van der Waals surface area contributed by atoms with Gasteiger partial charge in [-0.25, -0.2) is 0 Å². The number of aromatic hydroxyl groups is 1. The molecular weight excluding hydrogens is 404 g/mol. The molecule has 0 bridgehead atoms. The third-order valence-electron chi connectivity index (χ3n) is 6.42. The Balaban J connectivity index is 1.50. The zero-order chi connectivity index (χ0) is 21.7. The summed E-state index contributed by atoms with van der Waals surface area (Å²) in [6, 6.07) is 20.4. The highest BCUT2D eigenvalue weighted by atomic mass is 32.1. The first-order valence-electron chi connectivity index (χ1n) is 11.0. The summed E-state index contributed by atoms with van der Waals surface area (Å²) in [5.41, 5.74) is 3.35. The summed E-state index contributed by atoms with van der Waals surface area (Å²) in [5, 5.41) is 15.8. The van der Waals surface area contributed by atoms with Crippen molar-refractivity contribution in [3.63, 3.8) is 0 Å². The number of benzene rings is 2. The van der Waals surface area contributed by atoms with Crippen molar-refractivity contribution in [2.45, 2.75) is 31.1 Å². The van der Waals surface area contributed by atoms with Gasteiger partial charge < -0.3 is 15.3 Å². The molecule has 1 amide bonds. The van der Waals surface area contributed by atoms with E-state index in [0.717, 1.165) is 49.2 Å². The molecular formula is C26H30N2O2S. The lowest BCUT2D eigenvalue weighted by molar-refractivity contribution is 0.0957. The Morgan fingerprint density at radius 3 is 2.58 bits per heavy atom. The second-order valence-electron chi connectivity index (χ2n) is 8.44.